The minimum Gasteiger partial charge on any atom is -0.310 e. The first kappa shape index (κ1) is 16.9. The quantitative estimate of drug-likeness (QED) is 0.903. The Bertz CT molecular complexity index is 566. The highest BCUT2D eigenvalue weighted by atomic mass is 32.2. The molecule has 2 atom stereocenters. The van der Waals surface area contributed by atoms with Gasteiger partial charge in [-0.2, -0.15) is 4.31 Å². The van der Waals surface area contributed by atoms with E-state index < -0.39 is 10.0 Å². The Morgan fingerprint density at radius 3 is 2.71 bits per heavy atom. The highest BCUT2D eigenvalue weighted by Crippen LogP contribution is 2.29. The van der Waals surface area contributed by atoms with Crippen molar-refractivity contribution in [2.45, 2.75) is 51.6 Å². The van der Waals surface area contributed by atoms with Crippen molar-refractivity contribution in [2.75, 3.05) is 13.1 Å². The Morgan fingerprint density at radius 1 is 1.38 bits per heavy atom. The average molecular weight is 331 g/mol. The van der Waals surface area contributed by atoms with Gasteiger partial charge in [-0.1, -0.05) is 27.7 Å². The highest BCUT2D eigenvalue weighted by molar-refractivity contribution is 7.89. The molecule has 1 aromatic heterocycles. The zero-order valence-electron chi connectivity index (χ0n) is 13.3. The van der Waals surface area contributed by atoms with Gasteiger partial charge >= 0.3 is 0 Å². The summed E-state index contributed by atoms with van der Waals surface area (Å²) in [7, 11) is -3.32. The number of thiophene rings is 1. The van der Waals surface area contributed by atoms with E-state index in [1.54, 1.807) is 9.69 Å². The van der Waals surface area contributed by atoms with Crippen molar-refractivity contribution in [2.24, 2.45) is 11.8 Å². The van der Waals surface area contributed by atoms with E-state index in [0.29, 0.717) is 35.9 Å². The van der Waals surface area contributed by atoms with Crippen LogP contribution in [0.5, 0.6) is 0 Å². The summed E-state index contributed by atoms with van der Waals surface area (Å²) in [5, 5.41) is 5.09. The van der Waals surface area contributed by atoms with Crippen LogP contribution in [0.1, 0.15) is 39.0 Å². The van der Waals surface area contributed by atoms with Crippen LogP contribution in [0.2, 0.25) is 0 Å². The third-order valence-corrected chi connectivity index (χ3v) is 7.18. The smallest absolute Gasteiger partial charge is 0.243 e. The first-order chi connectivity index (χ1) is 9.80. The van der Waals surface area contributed by atoms with Crippen LogP contribution in [0, 0.1) is 11.8 Å². The second kappa shape index (κ2) is 6.77. The number of rotatable bonds is 5. The van der Waals surface area contributed by atoms with Crippen LogP contribution >= 0.6 is 11.3 Å². The monoisotopic (exact) mass is 330 g/mol. The fourth-order valence-electron chi connectivity index (χ4n) is 2.49. The van der Waals surface area contributed by atoms with Gasteiger partial charge in [-0.05, 0) is 24.3 Å². The van der Waals surface area contributed by atoms with Gasteiger partial charge < -0.3 is 5.32 Å². The summed E-state index contributed by atoms with van der Waals surface area (Å²) < 4.78 is 27.1. The van der Waals surface area contributed by atoms with Crippen molar-refractivity contribution in [1.82, 2.24) is 9.62 Å². The summed E-state index contributed by atoms with van der Waals surface area (Å²) in [4.78, 5) is 1.52. The lowest BCUT2D eigenvalue weighted by Crippen LogP contribution is -2.42. The molecule has 4 nitrogen and oxygen atoms in total. The molecular weight excluding hydrogens is 304 g/mol. The molecule has 0 bridgehead atoms. The predicted octanol–water partition coefficient (Wildman–Crippen LogP) is 2.91. The van der Waals surface area contributed by atoms with E-state index in [9.17, 15) is 8.42 Å². The molecule has 0 aliphatic carbocycles. The number of hydrogen-bond donors (Lipinski definition) is 1. The molecule has 1 saturated heterocycles. The molecule has 0 amide bonds. The Hall–Kier alpha value is -0.430. The lowest BCUT2D eigenvalue weighted by Gasteiger charge is -2.34. The number of nitrogens with zero attached hydrogens (tertiary/aromatic N) is 1. The number of nitrogens with one attached hydrogen (secondary N) is 1. The summed E-state index contributed by atoms with van der Waals surface area (Å²) in [6, 6.07) is 2.22. The van der Waals surface area contributed by atoms with Crippen molar-refractivity contribution in [3.05, 3.63) is 16.3 Å². The number of piperidine rings is 1. The molecule has 120 valence electrons. The van der Waals surface area contributed by atoms with E-state index in [4.69, 9.17) is 0 Å². The molecule has 1 fully saturated rings. The molecule has 2 heterocycles. The van der Waals surface area contributed by atoms with Gasteiger partial charge in [0.05, 0.1) is 4.90 Å². The van der Waals surface area contributed by atoms with Gasteiger partial charge in [0.2, 0.25) is 10.0 Å². The van der Waals surface area contributed by atoms with E-state index in [-0.39, 0.29) is 0 Å². The van der Waals surface area contributed by atoms with E-state index >= 15 is 0 Å². The Kier molecular flexibility index (Phi) is 5.46. The summed E-state index contributed by atoms with van der Waals surface area (Å²) in [6.07, 6.45) is 0.951. The van der Waals surface area contributed by atoms with Gasteiger partial charge in [0.25, 0.3) is 0 Å². The molecule has 0 aromatic carbocycles. The lowest BCUT2D eigenvalue weighted by molar-refractivity contribution is 0.212. The second-order valence-electron chi connectivity index (χ2n) is 6.39. The van der Waals surface area contributed by atoms with Crippen molar-refractivity contribution in [3.8, 4) is 0 Å². The molecule has 0 radical (unpaired) electrons. The Balaban J connectivity index is 2.09. The average Bonchev–Trinajstić information content (AvgIpc) is 2.89. The second-order valence-corrected chi connectivity index (χ2v) is 9.32. The molecule has 1 aromatic rings. The molecule has 0 saturated carbocycles. The molecule has 21 heavy (non-hydrogen) atoms. The first-order valence-electron chi connectivity index (χ1n) is 7.61. The van der Waals surface area contributed by atoms with Crippen molar-refractivity contribution < 1.29 is 8.42 Å². The van der Waals surface area contributed by atoms with Gasteiger partial charge in [0.1, 0.15) is 0 Å². The number of hydrogen-bond acceptors (Lipinski definition) is 4. The molecule has 1 N–H and O–H groups in total. The van der Waals surface area contributed by atoms with Crippen LogP contribution in [0.3, 0.4) is 0 Å². The maximum atomic E-state index is 12.7. The van der Waals surface area contributed by atoms with Crippen LogP contribution in [0.15, 0.2) is 16.3 Å². The van der Waals surface area contributed by atoms with Gasteiger partial charge in [0.15, 0.2) is 0 Å². The van der Waals surface area contributed by atoms with Gasteiger partial charge in [0, 0.05) is 35.9 Å². The maximum absolute atomic E-state index is 12.7. The first-order valence-corrected chi connectivity index (χ1v) is 9.93. The summed E-state index contributed by atoms with van der Waals surface area (Å²) in [5.41, 5.74) is 0. The molecule has 1 aliphatic heterocycles. The highest BCUT2D eigenvalue weighted by Gasteiger charge is 2.32. The van der Waals surface area contributed by atoms with Crippen molar-refractivity contribution in [1.29, 1.82) is 0 Å². The minimum atomic E-state index is -3.32. The van der Waals surface area contributed by atoms with Crippen LogP contribution in [0.25, 0.3) is 0 Å². The summed E-state index contributed by atoms with van der Waals surface area (Å²) in [5.74, 6) is 1.03. The predicted molar refractivity (Wildman–Crippen MR) is 88.0 cm³/mol. The maximum Gasteiger partial charge on any atom is 0.243 e. The van der Waals surface area contributed by atoms with Gasteiger partial charge in [-0.3, -0.25) is 0 Å². The van der Waals surface area contributed by atoms with Crippen LogP contribution < -0.4 is 5.32 Å². The SMILES string of the molecule is CC(C)NCc1cc(S(=O)(=O)N2CCC(C)C(C)C2)cs1. The van der Waals surface area contributed by atoms with Crippen molar-refractivity contribution in [3.63, 3.8) is 0 Å². The third kappa shape index (κ3) is 4.06. The molecule has 2 unspecified atom stereocenters. The summed E-state index contributed by atoms with van der Waals surface area (Å²) in [6.45, 7) is 10.5. The topological polar surface area (TPSA) is 49.4 Å². The zero-order valence-corrected chi connectivity index (χ0v) is 14.9. The van der Waals surface area contributed by atoms with Crippen LogP contribution in [-0.2, 0) is 16.6 Å². The Labute approximate surface area is 132 Å². The van der Waals surface area contributed by atoms with Gasteiger partial charge in [-0.25, -0.2) is 8.42 Å². The lowest BCUT2D eigenvalue weighted by atomic mass is 9.90. The largest absolute Gasteiger partial charge is 0.310 e. The fourth-order valence-corrected chi connectivity index (χ4v) is 5.25. The minimum absolute atomic E-state index is 0.400. The van der Waals surface area contributed by atoms with Crippen molar-refractivity contribution >= 4 is 21.4 Å². The third-order valence-electron chi connectivity index (χ3n) is 4.25. The zero-order chi connectivity index (χ0) is 15.6. The van der Waals surface area contributed by atoms with E-state index in [1.807, 2.05) is 6.07 Å². The van der Waals surface area contributed by atoms with E-state index in [0.717, 1.165) is 17.8 Å². The normalized spacial score (nSPS) is 24.6. The standard InChI is InChI=1S/C15H26N2O2S2/c1-11(2)16-8-14-7-15(10-20-14)21(18,19)17-6-5-12(3)13(4)9-17/h7,10-13,16H,5-6,8-9H2,1-4H3. The number of sulfonamides is 1. The fraction of sp³-hybridized carbons (Fsp3) is 0.733. The molecule has 0 spiro atoms. The molecule has 2 rings (SSSR count). The van der Waals surface area contributed by atoms with Crippen LogP contribution in [-0.4, -0.2) is 31.9 Å². The summed E-state index contributed by atoms with van der Waals surface area (Å²) >= 11 is 1.52. The molecule has 1 aliphatic rings. The van der Waals surface area contributed by atoms with Crippen LogP contribution in [0.4, 0.5) is 0 Å². The molecular formula is C15H26N2O2S2. The van der Waals surface area contributed by atoms with E-state index in [2.05, 4.69) is 33.0 Å². The van der Waals surface area contributed by atoms with E-state index in [1.165, 1.54) is 11.3 Å². The molecule has 6 heteroatoms. The Morgan fingerprint density at radius 2 is 2.10 bits per heavy atom. The van der Waals surface area contributed by atoms with Gasteiger partial charge in [-0.15, -0.1) is 11.3 Å².